The Morgan fingerprint density at radius 3 is 2.40 bits per heavy atom. The average molecular weight is 232 g/mol. The smallest absolute Gasteiger partial charge is 0.152 e. The lowest BCUT2D eigenvalue weighted by atomic mass is 9.86. The highest BCUT2D eigenvalue weighted by atomic mass is 32.2. The third kappa shape index (κ3) is 3.30. The zero-order valence-corrected chi connectivity index (χ0v) is 10.6. The number of rotatable bonds is 4. The van der Waals surface area contributed by atoms with Gasteiger partial charge in [-0.3, -0.25) is 4.79 Å². The Hall–Kier alpha value is -0.380. The molecule has 1 atom stereocenters. The summed E-state index contributed by atoms with van der Waals surface area (Å²) in [5.41, 5.74) is -0.0704. The van der Waals surface area contributed by atoms with Crippen molar-refractivity contribution >= 4 is 15.6 Å². The molecule has 4 heteroatoms. The molecule has 15 heavy (non-hydrogen) atoms. The molecular formula is C11H20O3S. The minimum atomic E-state index is -2.95. The largest absolute Gasteiger partial charge is 0.300 e. The van der Waals surface area contributed by atoms with E-state index in [2.05, 4.69) is 0 Å². The van der Waals surface area contributed by atoms with E-state index in [0.29, 0.717) is 19.3 Å². The second kappa shape index (κ2) is 4.24. The summed E-state index contributed by atoms with van der Waals surface area (Å²) in [7, 11) is -2.95. The van der Waals surface area contributed by atoms with Crippen LogP contribution in [0, 0.1) is 5.41 Å². The van der Waals surface area contributed by atoms with Crippen molar-refractivity contribution in [3.63, 3.8) is 0 Å². The maximum Gasteiger partial charge on any atom is 0.152 e. The number of carbonyl (C=O) groups is 1. The zero-order valence-electron chi connectivity index (χ0n) is 9.75. The van der Waals surface area contributed by atoms with Crippen LogP contribution in [0.25, 0.3) is 0 Å². The van der Waals surface area contributed by atoms with Crippen molar-refractivity contribution in [3.8, 4) is 0 Å². The molecule has 0 radical (unpaired) electrons. The van der Waals surface area contributed by atoms with Gasteiger partial charge in [0, 0.05) is 12.8 Å². The predicted molar refractivity (Wildman–Crippen MR) is 60.5 cm³/mol. The lowest BCUT2D eigenvalue weighted by Crippen LogP contribution is -2.23. The Labute approximate surface area is 92.2 Å². The third-order valence-electron chi connectivity index (χ3n) is 3.34. The number of ketones is 1. The molecule has 0 aromatic carbocycles. The molecule has 0 bridgehead atoms. The van der Waals surface area contributed by atoms with Gasteiger partial charge in [0.1, 0.15) is 5.78 Å². The fourth-order valence-corrected chi connectivity index (χ4v) is 3.18. The van der Waals surface area contributed by atoms with Crippen LogP contribution in [0.5, 0.6) is 0 Å². The van der Waals surface area contributed by atoms with Gasteiger partial charge >= 0.3 is 0 Å². The van der Waals surface area contributed by atoms with Gasteiger partial charge in [0.15, 0.2) is 9.84 Å². The van der Waals surface area contributed by atoms with E-state index in [1.807, 2.05) is 6.92 Å². The van der Waals surface area contributed by atoms with Crippen LogP contribution < -0.4 is 0 Å². The monoisotopic (exact) mass is 232 g/mol. The van der Waals surface area contributed by atoms with E-state index in [9.17, 15) is 13.2 Å². The van der Waals surface area contributed by atoms with E-state index in [1.165, 1.54) is 0 Å². The number of carbonyl (C=O) groups excluding carboxylic acids is 1. The van der Waals surface area contributed by atoms with Crippen molar-refractivity contribution in [2.45, 2.75) is 51.7 Å². The van der Waals surface area contributed by atoms with Crippen LogP contribution in [0.3, 0.4) is 0 Å². The van der Waals surface area contributed by atoms with Crippen molar-refractivity contribution in [1.29, 1.82) is 0 Å². The molecular weight excluding hydrogens is 212 g/mol. The SMILES string of the molecule is CC(C)S(=O)(=O)CCC1(C)CCC(=O)C1. The van der Waals surface area contributed by atoms with Crippen molar-refractivity contribution in [3.05, 3.63) is 0 Å². The van der Waals surface area contributed by atoms with E-state index >= 15 is 0 Å². The quantitative estimate of drug-likeness (QED) is 0.744. The number of hydrogen-bond donors (Lipinski definition) is 0. The van der Waals surface area contributed by atoms with E-state index in [1.54, 1.807) is 13.8 Å². The van der Waals surface area contributed by atoms with E-state index in [-0.39, 0.29) is 22.2 Å². The zero-order chi connectivity index (χ0) is 11.7. The second-order valence-corrected chi connectivity index (χ2v) is 7.87. The van der Waals surface area contributed by atoms with Gasteiger partial charge in [-0.05, 0) is 32.1 Å². The predicted octanol–water partition coefficient (Wildman–Crippen LogP) is 1.96. The summed E-state index contributed by atoms with van der Waals surface area (Å²) in [5.74, 6) is 0.494. The normalized spacial score (nSPS) is 27.6. The average Bonchev–Trinajstić information content (AvgIpc) is 2.44. The van der Waals surface area contributed by atoms with Crippen LogP contribution in [0.15, 0.2) is 0 Å². The maximum absolute atomic E-state index is 11.6. The summed E-state index contributed by atoms with van der Waals surface area (Å²) in [6.07, 6.45) is 2.65. The van der Waals surface area contributed by atoms with Crippen LogP contribution in [0.4, 0.5) is 0 Å². The van der Waals surface area contributed by atoms with E-state index in [0.717, 1.165) is 6.42 Å². The lowest BCUT2D eigenvalue weighted by Gasteiger charge is -2.22. The Kier molecular flexibility index (Phi) is 3.59. The summed E-state index contributed by atoms with van der Waals surface area (Å²) in [6.45, 7) is 5.43. The molecule has 0 amide bonds. The molecule has 1 aliphatic rings. The second-order valence-electron chi connectivity index (χ2n) is 5.19. The number of hydrogen-bond acceptors (Lipinski definition) is 3. The van der Waals surface area contributed by atoms with Gasteiger partial charge < -0.3 is 0 Å². The van der Waals surface area contributed by atoms with Crippen LogP contribution >= 0.6 is 0 Å². The van der Waals surface area contributed by atoms with Gasteiger partial charge in [0.2, 0.25) is 0 Å². The van der Waals surface area contributed by atoms with Gasteiger partial charge in [-0.25, -0.2) is 8.42 Å². The molecule has 1 rings (SSSR count). The minimum absolute atomic E-state index is 0.0704. The first-order valence-corrected chi connectivity index (χ1v) is 7.20. The standard InChI is InChI=1S/C11H20O3S/c1-9(2)15(13,14)7-6-11(3)5-4-10(12)8-11/h9H,4-8H2,1-3H3. The molecule has 3 nitrogen and oxygen atoms in total. The van der Waals surface area contributed by atoms with Crippen LogP contribution in [0.2, 0.25) is 0 Å². The molecule has 1 unspecified atom stereocenters. The highest BCUT2D eigenvalue weighted by molar-refractivity contribution is 7.91. The van der Waals surface area contributed by atoms with Crippen molar-refractivity contribution < 1.29 is 13.2 Å². The van der Waals surface area contributed by atoms with Gasteiger partial charge in [-0.1, -0.05) is 6.92 Å². The van der Waals surface area contributed by atoms with Gasteiger partial charge in [-0.15, -0.1) is 0 Å². The fraction of sp³-hybridized carbons (Fsp3) is 0.909. The Bertz CT molecular complexity index is 343. The molecule has 0 aromatic rings. The first kappa shape index (κ1) is 12.7. The number of sulfone groups is 1. The molecule has 0 aliphatic heterocycles. The molecule has 0 heterocycles. The Morgan fingerprint density at radius 2 is 2.00 bits per heavy atom. The summed E-state index contributed by atoms with van der Waals surface area (Å²) < 4.78 is 23.3. The Balaban J connectivity index is 2.54. The van der Waals surface area contributed by atoms with Gasteiger partial charge in [0.25, 0.3) is 0 Å². The van der Waals surface area contributed by atoms with Crippen LogP contribution in [-0.2, 0) is 14.6 Å². The number of Topliss-reactive ketones (excluding diaryl/α,β-unsaturated/α-hetero) is 1. The first-order valence-electron chi connectivity index (χ1n) is 5.48. The molecule has 1 saturated carbocycles. The molecule has 0 aromatic heterocycles. The first-order chi connectivity index (χ1) is 6.75. The van der Waals surface area contributed by atoms with Gasteiger partial charge in [0.05, 0.1) is 11.0 Å². The molecule has 1 aliphatic carbocycles. The molecule has 1 fully saturated rings. The van der Waals surface area contributed by atoms with Crippen LogP contribution in [-0.4, -0.2) is 25.2 Å². The van der Waals surface area contributed by atoms with Gasteiger partial charge in [-0.2, -0.15) is 0 Å². The fourth-order valence-electron chi connectivity index (χ4n) is 1.93. The summed E-state index contributed by atoms with van der Waals surface area (Å²) in [5, 5.41) is -0.307. The highest BCUT2D eigenvalue weighted by Gasteiger charge is 2.35. The van der Waals surface area contributed by atoms with Crippen LogP contribution in [0.1, 0.15) is 46.5 Å². The maximum atomic E-state index is 11.6. The van der Waals surface area contributed by atoms with Crippen molar-refractivity contribution in [1.82, 2.24) is 0 Å². The lowest BCUT2D eigenvalue weighted by molar-refractivity contribution is -0.117. The summed E-state index contributed by atoms with van der Waals surface area (Å²) >= 11 is 0. The molecule has 0 spiro atoms. The minimum Gasteiger partial charge on any atom is -0.300 e. The third-order valence-corrected chi connectivity index (χ3v) is 5.55. The molecule has 0 saturated heterocycles. The molecule has 0 N–H and O–H groups in total. The summed E-state index contributed by atoms with van der Waals surface area (Å²) in [4.78, 5) is 11.2. The highest BCUT2D eigenvalue weighted by Crippen LogP contribution is 2.38. The molecule has 88 valence electrons. The Morgan fingerprint density at radius 1 is 1.40 bits per heavy atom. The van der Waals surface area contributed by atoms with Crippen molar-refractivity contribution in [2.75, 3.05) is 5.75 Å². The van der Waals surface area contributed by atoms with Crippen molar-refractivity contribution in [2.24, 2.45) is 5.41 Å². The van der Waals surface area contributed by atoms with E-state index < -0.39 is 9.84 Å². The topological polar surface area (TPSA) is 51.2 Å². The van der Waals surface area contributed by atoms with E-state index in [4.69, 9.17) is 0 Å². The summed E-state index contributed by atoms with van der Waals surface area (Å²) in [6, 6.07) is 0.